The number of nitrogens with one attached hydrogen (secondary N) is 5. The van der Waals surface area contributed by atoms with Crippen molar-refractivity contribution in [2.24, 2.45) is 11.5 Å². The Balaban J connectivity index is 2.04. The summed E-state index contributed by atoms with van der Waals surface area (Å²) in [5.74, 6) is -2.34. The number of hydrogen-bond acceptors (Lipinski definition) is 8. The van der Waals surface area contributed by atoms with E-state index in [4.69, 9.17) is 16.9 Å². The van der Waals surface area contributed by atoms with Crippen LogP contribution in [0.1, 0.15) is 18.4 Å². The number of hydrogen-bond donors (Lipinski definition) is 8. The molecule has 0 aromatic heterocycles. The number of benzene rings is 2. The summed E-state index contributed by atoms with van der Waals surface area (Å²) >= 11 is 0. The highest BCUT2D eigenvalue weighted by atomic mass is 16.6. The maximum absolute atomic E-state index is 12.9. The Morgan fingerprint density at radius 1 is 0.974 bits per heavy atom. The van der Waals surface area contributed by atoms with E-state index in [0.717, 1.165) is 5.56 Å². The van der Waals surface area contributed by atoms with E-state index in [2.05, 4.69) is 21.3 Å². The van der Waals surface area contributed by atoms with Crippen LogP contribution in [0, 0.1) is 15.5 Å². The number of guanidine groups is 1. The first kappa shape index (κ1) is 29.7. The maximum atomic E-state index is 12.9. The van der Waals surface area contributed by atoms with Crippen molar-refractivity contribution in [2.75, 3.05) is 18.5 Å². The third kappa shape index (κ3) is 9.83. The molecule has 10 N–H and O–H groups in total. The van der Waals surface area contributed by atoms with Crippen molar-refractivity contribution in [3.63, 3.8) is 0 Å². The highest BCUT2D eigenvalue weighted by Crippen LogP contribution is 2.16. The number of nitro groups is 1. The number of carbonyl (C=O) groups is 3. The molecule has 0 bridgehead atoms. The molecule has 0 heterocycles. The molecule has 3 atom stereocenters. The second-order valence-corrected chi connectivity index (χ2v) is 8.38. The van der Waals surface area contributed by atoms with Crippen molar-refractivity contribution in [2.45, 2.75) is 37.4 Å². The second-order valence-electron chi connectivity index (χ2n) is 8.38. The lowest BCUT2D eigenvalue weighted by Crippen LogP contribution is -2.56. The van der Waals surface area contributed by atoms with Crippen LogP contribution in [0.3, 0.4) is 0 Å². The Hall–Kier alpha value is -4.56. The Kier molecular flexibility index (Phi) is 11.6. The van der Waals surface area contributed by atoms with Crippen LogP contribution in [-0.2, 0) is 20.8 Å². The van der Waals surface area contributed by atoms with E-state index in [1.165, 1.54) is 24.3 Å². The molecular formula is C24H32N8O6. The molecule has 3 amide bonds. The van der Waals surface area contributed by atoms with E-state index in [9.17, 15) is 29.6 Å². The molecule has 0 saturated heterocycles. The van der Waals surface area contributed by atoms with Crippen molar-refractivity contribution in [3.8, 4) is 0 Å². The van der Waals surface area contributed by atoms with E-state index in [-0.39, 0.29) is 36.7 Å². The molecule has 38 heavy (non-hydrogen) atoms. The predicted molar refractivity (Wildman–Crippen MR) is 140 cm³/mol. The fraction of sp³-hybridized carbons (Fsp3) is 0.333. The van der Waals surface area contributed by atoms with Gasteiger partial charge in [-0.15, -0.1) is 0 Å². The summed E-state index contributed by atoms with van der Waals surface area (Å²) < 4.78 is 0. The van der Waals surface area contributed by atoms with Gasteiger partial charge in [-0.05, 0) is 37.0 Å². The molecule has 2 aromatic carbocycles. The normalized spacial score (nSPS) is 12.9. The molecule has 14 nitrogen and oxygen atoms in total. The van der Waals surface area contributed by atoms with Crippen LogP contribution in [0.4, 0.5) is 11.4 Å². The average Bonchev–Trinajstić information content (AvgIpc) is 2.89. The lowest BCUT2D eigenvalue weighted by molar-refractivity contribution is -0.384. The van der Waals surface area contributed by atoms with Crippen molar-refractivity contribution in [1.82, 2.24) is 16.0 Å². The first-order chi connectivity index (χ1) is 18.1. The third-order valence-corrected chi connectivity index (χ3v) is 5.41. The van der Waals surface area contributed by atoms with Crippen LogP contribution in [0.15, 0.2) is 54.6 Å². The minimum Gasteiger partial charge on any atom is -0.394 e. The van der Waals surface area contributed by atoms with Crippen molar-refractivity contribution >= 4 is 35.1 Å². The van der Waals surface area contributed by atoms with Crippen LogP contribution in [-0.4, -0.2) is 65.0 Å². The molecule has 0 fully saturated rings. The SMILES string of the molecule is N=C(N)NCCC[C@H](NC(=O)[C@H](CO)NC(=O)[C@@H](N)Cc1ccccc1)C(=O)Nc1ccc([N+](=O)[O-])cc1. The van der Waals surface area contributed by atoms with E-state index in [1.54, 1.807) is 24.3 Å². The van der Waals surface area contributed by atoms with Gasteiger partial charge in [0.2, 0.25) is 17.7 Å². The van der Waals surface area contributed by atoms with Crippen molar-refractivity contribution in [3.05, 3.63) is 70.3 Å². The molecule has 2 rings (SSSR count). The average molecular weight is 529 g/mol. The number of non-ortho nitro benzene ring substituents is 1. The van der Waals surface area contributed by atoms with Gasteiger partial charge >= 0.3 is 0 Å². The number of nitrogens with two attached hydrogens (primary N) is 2. The van der Waals surface area contributed by atoms with Gasteiger partial charge in [0, 0.05) is 24.4 Å². The lowest BCUT2D eigenvalue weighted by atomic mass is 10.1. The van der Waals surface area contributed by atoms with Gasteiger partial charge in [0.1, 0.15) is 12.1 Å². The van der Waals surface area contributed by atoms with Gasteiger partial charge in [0.05, 0.1) is 17.6 Å². The molecule has 14 heteroatoms. The Morgan fingerprint density at radius 3 is 2.18 bits per heavy atom. The van der Waals surface area contributed by atoms with Crippen LogP contribution in [0.25, 0.3) is 0 Å². The Morgan fingerprint density at radius 2 is 1.61 bits per heavy atom. The van der Waals surface area contributed by atoms with Gasteiger partial charge < -0.3 is 37.8 Å². The van der Waals surface area contributed by atoms with Crippen LogP contribution in [0.5, 0.6) is 0 Å². The lowest BCUT2D eigenvalue weighted by Gasteiger charge is -2.23. The number of nitro benzene ring substituents is 1. The first-order valence-corrected chi connectivity index (χ1v) is 11.7. The molecule has 0 aliphatic rings. The number of aliphatic hydroxyl groups is 1. The van der Waals surface area contributed by atoms with Gasteiger partial charge in [0.15, 0.2) is 5.96 Å². The summed E-state index contributed by atoms with van der Waals surface area (Å²) in [6, 6.07) is 10.7. The van der Waals surface area contributed by atoms with E-state index >= 15 is 0 Å². The minimum absolute atomic E-state index is 0.116. The predicted octanol–water partition coefficient (Wildman–Crippen LogP) is -0.672. The van der Waals surface area contributed by atoms with Crippen LogP contribution in [0.2, 0.25) is 0 Å². The van der Waals surface area contributed by atoms with Crippen LogP contribution < -0.4 is 32.7 Å². The quantitative estimate of drug-likeness (QED) is 0.0509. The first-order valence-electron chi connectivity index (χ1n) is 11.7. The summed E-state index contributed by atoms with van der Waals surface area (Å²) in [4.78, 5) is 48.6. The minimum atomic E-state index is -1.37. The standard InChI is InChI=1S/C24H32N8O6/c25-18(13-15-5-2-1-3-6-15)21(34)31-20(14-33)23(36)30-19(7-4-12-28-24(26)27)22(35)29-16-8-10-17(11-9-16)32(37)38/h1-3,5-6,8-11,18-20,33H,4,7,12-14,25H2,(H,29,35)(H,30,36)(H,31,34)(H4,26,27,28)/t18-,19-,20-/m0/s1. The topological polar surface area (TPSA) is 239 Å². The van der Waals surface area contributed by atoms with Crippen molar-refractivity contribution < 1.29 is 24.4 Å². The molecular weight excluding hydrogens is 496 g/mol. The zero-order valence-corrected chi connectivity index (χ0v) is 20.6. The molecule has 0 aliphatic carbocycles. The van der Waals surface area contributed by atoms with Gasteiger partial charge in [-0.1, -0.05) is 30.3 Å². The largest absolute Gasteiger partial charge is 0.394 e. The van der Waals surface area contributed by atoms with E-state index in [0.29, 0.717) is 6.42 Å². The fourth-order valence-corrected chi connectivity index (χ4v) is 3.40. The maximum Gasteiger partial charge on any atom is 0.269 e. The molecule has 0 unspecified atom stereocenters. The number of anilines is 1. The van der Waals surface area contributed by atoms with Gasteiger partial charge in [-0.3, -0.25) is 29.9 Å². The summed E-state index contributed by atoms with van der Waals surface area (Å²) in [6.07, 6.45) is 0.663. The second kappa shape index (κ2) is 14.9. The monoisotopic (exact) mass is 528 g/mol. The summed E-state index contributed by atoms with van der Waals surface area (Å²) in [5.41, 5.74) is 12.1. The number of amides is 3. The molecule has 2 aromatic rings. The van der Waals surface area contributed by atoms with Gasteiger partial charge in [0.25, 0.3) is 5.69 Å². The summed E-state index contributed by atoms with van der Waals surface area (Å²) in [6.45, 7) is -0.487. The number of carbonyl (C=O) groups excluding carboxylic acids is 3. The molecule has 0 saturated carbocycles. The smallest absolute Gasteiger partial charge is 0.269 e. The zero-order chi connectivity index (χ0) is 28.1. The van der Waals surface area contributed by atoms with Crippen LogP contribution >= 0.6 is 0 Å². The number of nitrogens with zero attached hydrogens (tertiary/aromatic N) is 1. The Labute approximate surface area is 218 Å². The third-order valence-electron chi connectivity index (χ3n) is 5.41. The Bertz CT molecular complexity index is 1110. The summed E-state index contributed by atoms with van der Waals surface area (Å²) in [5, 5.41) is 37.9. The molecule has 0 radical (unpaired) electrons. The highest BCUT2D eigenvalue weighted by Gasteiger charge is 2.28. The van der Waals surface area contributed by atoms with Gasteiger partial charge in [-0.2, -0.15) is 0 Å². The highest BCUT2D eigenvalue weighted by molar-refractivity contribution is 5.98. The number of aliphatic hydroxyl groups excluding tert-OH is 1. The number of rotatable bonds is 14. The molecule has 204 valence electrons. The van der Waals surface area contributed by atoms with E-state index < -0.39 is 47.4 Å². The molecule has 0 aliphatic heterocycles. The van der Waals surface area contributed by atoms with E-state index in [1.807, 2.05) is 6.07 Å². The fourth-order valence-electron chi connectivity index (χ4n) is 3.40. The molecule has 0 spiro atoms. The summed E-state index contributed by atoms with van der Waals surface area (Å²) in [7, 11) is 0. The van der Waals surface area contributed by atoms with Gasteiger partial charge in [-0.25, -0.2) is 0 Å². The van der Waals surface area contributed by atoms with Crippen molar-refractivity contribution in [1.29, 1.82) is 5.41 Å². The zero-order valence-electron chi connectivity index (χ0n) is 20.6.